The quantitative estimate of drug-likeness (QED) is 0.850. The first-order valence-electron chi connectivity index (χ1n) is 6.54. The SMILES string of the molecule is CC1(C#N)CCN(C(=O)Nc2ccc(C#N)cc2)CC1. The number of rotatable bonds is 1. The van der Waals surface area contributed by atoms with Crippen LogP contribution in [-0.4, -0.2) is 24.0 Å². The van der Waals surface area contributed by atoms with Crippen molar-refractivity contribution in [3.05, 3.63) is 29.8 Å². The largest absolute Gasteiger partial charge is 0.324 e. The summed E-state index contributed by atoms with van der Waals surface area (Å²) >= 11 is 0. The number of piperidine rings is 1. The predicted octanol–water partition coefficient (Wildman–Crippen LogP) is 2.72. The highest BCUT2D eigenvalue weighted by Crippen LogP contribution is 2.29. The van der Waals surface area contributed by atoms with Crippen LogP contribution < -0.4 is 5.32 Å². The molecule has 5 nitrogen and oxygen atoms in total. The van der Waals surface area contributed by atoms with Crippen LogP contribution in [0.5, 0.6) is 0 Å². The fourth-order valence-electron chi connectivity index (χ4n) is 2.15. The van der Waals surface area contributed by atoms with Crippen molar-refractivity contribution >= 4 is 11.7 Å². The molecule has 1 aliphatic heterocycles. The molecule has 20 heavy (non-hydrogen) atoms. The number of anilines is 1. The Balaban J connectivity index is 1.93. The molecule has 1 fully saturated rings. The Morgan fingerprint density at radius 1 is 1.25 bits per heavy atom. The van der Waals surface area contributed by atoms with Crippen LogP contribution >= 0.6 is 0 Å². The molecule has 1 aliphatic rings. The van der Waals surface area contributed by atoms with Crippen LogP contribution in [-0.2, 0) is 0 Å². The third kappa shape index (κ3) is 3.07. The normalized spacial score (nSPS) is 16.9. The lowest BCUT2D eigenvalue weighted by Crippen LogP contribution is -2.43. The Morgan fingerprint density at radius 3 is 2.35 bits per heavy atom. The van der Waals surface area contributed by atoms with Crippen LogP contribution in [0, 0.1) is 28.1 Å². The Hall–Kier alpha value is -2.53. The number of amides is 2. The highest BCUT2D eigenvalue weighted by molar-refractivity contribution is 5.89. The molecule has 5 heteroatoms. The second-order valence-corrected chi connectivity index (χ2v) is 5.28. The number of nitrogens with zero attached hydrogens (tertiary/aromatic N) is 3. The van der Waals surface area contributed by atoms with Crippen molar-refractivity contribution in [2.75, 3.05) is 18.4 Å². The summed E-state index contributed by atoms with van der Waals surface area (Å²) in [6.45, 7) is 3.11. The number of carbonyl (C=O) groups is 1. The van der Waals surface area contributed by atoms with Crippen LogP contribution in [0.1, 0.15) is 25.3 Å². The summed E-state index contributed by atoms with van der Waals surface area (Å²) in [4.78, 5) is 13.8. The fourth-order valence-corrected chi connectivity index (χ4v) is 2.15. The molecule has 2 amide bonds. The highest BCUT2D eigenvalue weighted by Gasteiger charge is 2.31. The number of nitriles is 2. The topological polar surface area (TPSA) is 79.9 Å². The van der Waals surface area contributed by atoms with E-state index in [1.165, 1.54) is 0 Å². The smallest absolute Gasteiger partial charge is 0.321 e. The van der Waals surface area contributed by atoms with Gasteiger partial charge in [-0.2, -0.15) is 10.5 Å². The number of hydrogen-bond donors (Lipinski definition) is 1. The molecular weight excluding hydrogens is 252 g/mol. The molecule has 1 aromatic rings. The lowest BCUT2D eigenvalue weighted by molar-refractivity contribution is 0.166. The van der Waals surface area contributed by atoms with E-state index in [1.807, 2.05) is 13.0 Å². The first-order valence-corrected chi connectivity index (χ1v) is 6.54. The maximum Gasteiger partial charge on any atom is 0.321 e. The van der Waals surface area contributed by atoms with E-state index in [0.29, 0.717) is 37.2 Å². The van der Waals surface area contributed by atoms with Gasteiger partial charge in [-0.05, 0) is 44.0 Å². The summed E-state index contributed by atoms with van der Waals surface area (Å²) in [5.41, 5.74) is 0.916. The fraction of sp³-hybridized carbons (Fsp3) is 0.400. The minimum absolute atomic E-state index is 0.158. The van der Waals surface area contributed by atoms with Crippen LogP contribution in [0.25, 0.3) is 0 Å². The Morgan fingerprint density at radius 2 is 1.85 bits per heavy atom. The van der Waals surface area contributed by atoms with E-state index >= 15 is 0 Å². The zero-order valence-electron chi connectivity index (χ0n) is 11.4. The molecule has 102 valence electrons. The Bertz CT molecular complexity index is 571. The molecule has 0 aliphatic carbocycles. The zero-order valence-corrected chi connectivity index (χ0v) is 11.4. The van der Waals surface area contributed by atoms with Crippen LogP contribution in [0.2, 0.25) is 0 Å². The van der Waals surface area contributed by atoms with Gasteiger partial charge in [-0.3, -0.25) is 0 Å². The van der Waals surface area contributed by atoms with Crippen molar-refractivity contribution in [3.63, 3.8) is 0 Å². The monoisotopic (exact) mass is 268 g/mol. The minimum Gasteiger partial charge on any atom is -0.324 e. The summed E-state index contributed by atoms with van der Waals surface area (Å²) in [7, 11) is 0. The first kappa shape index (κ1) is 13.9. The lowest BCUT2D eigenvalue weighted by Gasteiger charge is -2.34. The van der Waals surface area contributed by atoms with E-state index in [9.17, 15) is 4.79 Å². The van der Waals surface area contributed by atoms with Gasteiger partial charge < -0.3 is 10.2 Å². The summed E-state index contributed by atoms with van der Waals surface area (Å²) < 4.78 is 0. The van der Waals surface area contributed by atoms with Gasteiger partial charge in [0, 0.05) is 18.8 Å². The van der Waals surface area contributed by atoms with Gasteiger partial charge in [0.1, 0.15) is 0 Å². The molecule has 1 saturated heterocycles. The third-order valence-corrected chi connectivity index (χ3v) is 3.69. The molecule has 0 spiro atoms. The van der Waals surface area contributed by atoms with Crippen molar-refractivity contribution in [1.29, 1.82) is 10.5 Å². The second-order valence-electron chi connectivity index (χ2n) is 5.28. The molecular formula is C15H16N4O. The molecule has 0 unspecified atom stereocenters. The van der Waals surface area contributed by atoms with E-state index in [2.05, 4.69) is 11.4 Å². The molecule has 1 heterocycles. The summed E-state index contributed by atoms with van der Waals surface area (Å²) in [5, 5.41) is 20.6. The van der Waals surface area contributed by atoms with Crippen molar-refractivity contribution in [3.8, 4) is 12.1 Å². The molecule has 1 aromatic carbocycles. The molecule has 0 radical (unpaired) electrons. The predicted molar refractivity (Wildman–Crippen MR) is 74.7 cm³/mol. The van der Waals surface area contributed by atoms with Gasteiger partial charge in [-0.15, -0.1) is 0 Å². The number of carbonyl (C=O) groups excluding carboxylic acids is 1. The number of likely N-dealkylation sites (tertiary alicyclic amines) is 1. The summed E-state index contributed by atoms with van der Waals surface area (Å²) in [5.74, 6) is 0. The van der Waals surface area contributed by atoms with Crippen molar-refractivity contribution < 1.29 is 4.79 Å². The lowest BCUT2D eigenvalue weighted by atomic mass is 9.82. The molecule has 2 rings (SSSR count). The molecule has 0 bridgehead atoms. The van der Waals surface area contributed by atoms with Gasteiger partial charge in [-0.1, -0.05) is 0 Å². The van der Waals surface area contributed by atoms with Crippen molar-refractivity contribution in [2.24, 2.45) is 5.41 Å². The van der Waals surface area contributed by atoms with Gasteiger partial charge >= 0.3 is 6.03 Å². The van der Waals surface area contributed by atoms with E-state index in [-0.39, 0.29) is 11.4 Å². The van der Waals surface area contributed by atoms with Crippen LogP contribution in [0.4, 0.5) is 10.5 Å². The molecule has 0 aromatic heterocycles. The number of urea groups is 1. The van der Waals surface area contributed by atoms with Gasteiger partial charge in [0.25, 0.3) is 0 Å². The highest BCUT2D eigenvalue weighted by atomic mass is 16.2. The van der Waals surface area contributed by atoms with E-state index in [4.69, 9.17) is 10.5 Å². The maximum absolute atomic E-state index is 12.1. The average molecular weight is 268 g/mol. The second kappa shape index (κ2) is 5.63. The zero-order chi connectivity index (χ0) is 14.6. The number of nitrogens with one attached hydrogen (secondary N) is 1. The van der Waals surface area contributed by atoms with Gasteiger partial charge in [0.15, 0.2) is 0 Å². The standard InChI is InChI=1S/C15H16N4O/c1-15(11-17)6-8-19(9-7-15)14(20)18-13-4-2-12(10-16)3-5-13/h2-5H,6-9H2,1H3,(H,18,20). The number of hydrogen-bond acceptors (Lipinski definition) is 3. The van der Waals surface area contributed by atoms with Gasteiger partial charge in [0.05, 0.1) is 23.1 Å². The van der Waals surface area contributed by atoms with E-state index in [1.54, 1.807) is 29.2 Å². The maximum atomic E-state index is 12.1. The minimum atomic E-state index is -0.314. The van der Waals surface area contributed by atoms with Gasteiger partial charge in [0.2, 0.25) is 0 Å². The Kier molecular flexibility index (Phi) is 3.91. The third-order valence-electron chi connectivity index (χ3n) is 3.69. The van der Waals surface area contributed by atoms with E-state index < -0.39 is 0 Å². The first-order chi connectivity index (χ1) is 9.56. The molecule has 0 atom stereocenters. The molecule has 0 saturated carbocycles. The van der Waals surface area contributed by atoms with Crippen molar-refractivity contribution in [1.82, 2.24) is 4.90 Å². The van der Waals surface area contributed by atoms with Gasteiger partial charge in [-0.25, -0.2) is 4.79 Å². The average Bonchev–Trinajstić information content (AvgIpc) is 2.48. The number of benzene rings is 1. The molecule has 1 N–H and O–H groups in total. The van der Waals surface area contributed by atoms with E-state index in [0.717, 1.165) is 0 Å². The summed E-state index contributed by atoms with van der Waals surface area (Å²) in [6.07, 6.45) is 1.40. The van der Waals surface area contributed by atoms with Crippen molar-refractivity contribution in [2.45, 2.75) is 19.8 Å². The Labute approximate surface area is 118 Å². The summed E-state index contributed by atoms with van der Waals surface area (Å²) in [6, 6.07) is 10.9. The van der Waals surface area contributed by atoms with Crippen LogP contribution in [0.3, 0.4) is 0 Å². The van der Waals surface area contributed by atoms with Crippen LogP contribution in [0.15, 0.2) is 24.3 Å².